The molecule has 0 saturated heterocycles. The first-order chi connectivity index (χ1) is 28.3. The van der Waals surface area contributed by atoms with Crippen LogP contribution in [0.3, 0.4) is 0 Å². The number of pyridine rings is 1. The molecule has 0 bridgehead atoms. The van der Waals surface area contributed by atoms with Gasteiger partial charge in [-0.3, -0.25) is 4.98 Å². The summed E-state index contributed by atoms with van der Waals surface area (Å²) in [6.07, 6.45) is 1.84. The second-order valence-electron chi connectivity index (χ2n) is 14.7. The minimum absolute atomic E-state index is 0.615. The van der Waals surface area contributed by atoms with Gasteiger partial charge in [0.1, 0.15) is 11.1 Å². The number of rotatable bonds is 7. The van der Waals surface area contributed by atoms with Crippen LogP contribution >= 0.6 is 0 Å². The predicted molar refractivity (Wildman–Crippen MR) is 234 cm³/mol. The average molecular weight is 729 g/mol. The van der Waals surface area contributed by atoms with Crippen LogP contribution in [0.5, 0.6) is 0 Å². The Hall–Kier alpha value is -7.49. The van der Waals surface area contributed by atoms with E-state index in [4.69, 9.17) is 9.40 Å². The summed E-state index contributed by atoms with van der Waals surface area (Å²) in [5.41, 5.74) is 17.2. The first kappa shape index (κ1) is 32.9. The molecule has 10 aromatic rings. The lowest BCUT2D eigenvalue weighted by molar-refractivity contribution is 0.667. The van der Waals surface area contributed by atoms with E-state index in [-0.39, 0.29) is 0 Å². The molecule has 0 amide bonds. The zero-order valence-corrected chi connectivity index (χ0v) is 31.1. The van der Waals surface area contributed by atoms with Gasteiger partial charge in [-0.25, -0.2) is 0 Å². The molecule has 0 radical (unpaired) electrons. The minimum atomic E-state index is -0.615. The molecule has 2 aromatic heterocycles. The van der Waals surface area contributed by atoms with Crippen molar-refractivity contribution in [3.8, 4) is 33.4 Å². The van der Waals surface area contributed by atoms with Crippen LogP contribution in [0.1, 0.15) is 22.3 Å². The molecule has 0 aliphatic heterocycles. The Balaban J connectivity index is 1.14. The summed E-state index contributed by atoms with van der Waals surface area (Å²) >= 11 is 0. The first-order valence-corrected chi connectivity index (χ1v) is 19.4. The quantitative estimate of drug-likeness (QED) is 0.164. The Morgan fingerprint density at radius 3 is 1.61 bits per heavy atom. The average Bonchev–Trinajstić information content (AvgIpc) is 3.81. The zero-order chi connectivity index (χ0) is 37.8. The molecule has 2 heterocycles. The van der Waals surface area contributed by atoms with Crippen molar-refractivity contribution in [3.05, 3.63) is 241 Å². The Labute approximate surface area is 331 Å². The summed E-state index contributed by atoms with van der Waals surface area (Å²) in [6.45, 7) is 0. The Bertz CT molecular complexity index is 2960. The maximum absolute atomic E-state index is 6.30. The number of hydrogen-bond donors (Lipinski definition) is 0. The Morgan fingerprint density at radius 2 is 0.947 bits per heavy atom. The summed E-state index contributed by atoms with van der Waals surface area (Å²) in [7, 11) is 0. The number of furan rings is 1. The maximum Gasteiger partial charge on any atom is 0.153 e. The van der Waals surface area contributed by atoms with Crippen molar-refractivity contribution in [1.29, 1.82) is 0 Å². The fourth-order valence-corrected chi connectivity index (χ4v) is 9.03. The van der Waals surface area contributed by atoms with Gasteiger partial charge >= 0.3 is 0 Å². The molecule has 3 nitrogen and oxygen atoms in total. The van der Waals surface area contributed by atoms with E-state index in [1.54, 1.807) is 0 Å². The van der Waals surface area contributed by atoms with E-state index in [0.29, 0.717) is 0 Å². The number of fused-ring (bicyclic) bond motifs is 6. The third kappa shape index (κ3) is 5.32. The van der Waals surface area contributed by atoms with Crippen LogP contribution in [0.25, 0.3) is 55.4 Å². The zero-order valence-electron chi connectivity index (χ0n) is 31.1. The Morgan fingerprint density at radius 1 is 0.386 bits per heavy atom. The van der Waals surface area contributed by atoms with E-state index in [2.05, 4.69) is 205 Å². The molecule has 57 heavy (non-hydrogen) atoms. The van der Waals surface area contributed by atoms with Gasteiger partial charge in [0.15, 0.2) is 5.58 Å². The second kappa shape index (κ2) is 13.4. The third-order valence-electron chi connectivity index (χ3n) is 11.6. The minimum Gasteiger partial charge on any atom is -0.454 e. The first-order valence-electron chi connectivity index (χ1n) is 19.4. The summed E-state index contributed by atoms with van der Waals surface area (Å²) in [6, 6.07) is 76.5. The van der Waals surface area contributed by atoms with Gasteiger partial charge in [-0.1, -0.05) is 152 Å². The van der Waals surface area contributed by atoms with Crippen molar-refractivity contribution in [2.75, 3.05) is 4.90 Å². The highest BCUT2D eigenvalue weighted by Gasteiger charge is 2.46. The van der Waals surface area contributed by atoms with Crippen molar-refractivity contribution in [2.45, 2.75) is 5.41 Å². The highest BCUT2D eigenvalue weighted by Crippen LogP contribution is 2.57. The molecule has 1 atom stereocenters. The van der Waals surface area contributed by atoms with Crippen LogP contribution in [-0.4, -0.2) is 4.98 Å². The third-order valence-corrected chi connectivity index (χ3v) is 11.6. The van der Waals surface area contributed by atoms with Gasteiger partial charge in [0.2, 0.25) is 0 Å². The number of anilines is 3. The van der Waals surface area contributed by atoms with Gasteiger partial charge in [0.05, 0.1) is 5.41 Å². The smallest absolute Gasteiger partial charge is 0.153 e. The van der Waals surface area contributed by atoms with E-state index in [0.717, 1.165) is 39.1 Å². The molecular formula is C54H36N2O. The van der Waals surface area contributed by atoms with Gasteiger partial charge < -0.3 is 9.32 Å². The highest BCUT2D eigenvalue weighted by molar-refractivity contribution is 6.03. The summed E-state index contributed by atoms with van der Waals surface area (Å²) in [4.78, 5) is 7.16. The highest BCUT2D eigenvalue weighted by atomic mass is 16.3. The molecule has 1 aliphatic carbocycles. The molecule has 3 heteroatoms. The summed E-state index contributed by atoms with van der Waals surface area (Å²) < 4.78 is 6.30. The number of benzene rings is 8. The molecule has 0 spiro atoms. The van der Waals surface area contributed by atoms with Gasteiger partial charge in [-0.15, -0.1) is 0 Å². The SMILES string of the molecule is c1ccc(-c2ccc(N(c3ccc(-c4ccccc4)cc3)c3ccc4c(c3)C(c3ccccc3)(c3ccc5oc6cccnc6c5c3)c3ccccc3-4)cc2)cc1. The van der Waals surface area contributed by atoms with Crippen molar-refractivity contribution >= 4 is 39.1 Å². The molecule has 8 aromatic carbocycles. The van der Waals surface area contributed by atoms with Crippen LogP contribution in [-0.2, 0) is 5.41 Å². The van der Waals surface area contributed by atoms with E-state index in [1.165, 1.54) is 55.6 Å². The molecule has 1 aliphatic rings. The van der Waals surface area contributed by atoms with E-state index in [9.17, 15) is 0 Å². The molecule has 1 unspecified atom stereocenters. The molecular weight excluding hydrogens is 693 g/mol. The fourth-order valence-electron chi connectivity index (χ4n) is 9.03. The van der Waals surface area contributed by atoms with Crippen LogP contribution in [0, 0.1) is 0 Å². The van der Waals surface area contributed by atoms with Gasteiger partial charge in [0, 0.05) is 28.6 Å². The molecule has 268 valence electrons. The molecule has 0 N–H and O–H groups in total. The van der Waals surface area contributed by atoms with E-state index < -0.39 is 5.41 Å². The monoisotopic (exact) mass is 728 g/mol. The summed E-state index contributed by atoms with van der Waals surface area (Å²) in [5.74, 6) is 0. The lowest BCUT2D eigenvalue weighted by Crippen LogP contribution is -2.28. The molecule has 0 fully saturated rings. The predicted octanol–water partition coefficient (Wildman–Crippen LogP) is 14.1. The lowest BCUT2D eigenvalue weighted by atomic mass is 9.67. The van der Waals surface area contributed by atoms with Crippen LogP contribution in [0.4, 0.5) is 17.1 Å². The lowest BCUT2D eigenvalue weighted by Gasteiger charge is -2.35. The second-order valence-corrected chi connectivity index (χ2v) is 14.7. The van der Waals surface area contributed by atoms with Crippen LogP contribution in [0.2, 0.25) is 0 Å². The van der Waals surface area contributed by atoms with Crippen molar-refractivity contribution in [3.63, 3.8) is 0 Å². The normalized spacial score (nSPS) is 14.4. The fraction of sp³-hybridized carbons (Fsp3) is 0.0185. The van der Waals surface area contributed by atoms with Crippen molar-refractivity contribution < 1.29 is 4.42 Å². The van der Waals surface area contributed by atoms with Gasteiger partial charge in [-0.05, 0) is 116 Å². The standard InChI is InChI=1S/C54H36N2O/c1-4-13-37(14-5-1)39-22-27-43(28-23-39)56(44-29-24-40(25-30-44)38-15-6-2-7-16-38)45-31-32-47-46-19-10-11-20-49(46)54(50(47)36-45,41-17-8-3-9-18-41)42-26-33-51-48(35-42)53-52(57-51)21-12-34-55-53/h1-36H. The van der Waals surface area contributed by atoms with E-state index >= 15 is 0 Å². The summed E-state index contributed by atoms with van der Waals surface area (Å²) in [5, 5.41) is 1.01. The van der Waals surface area contributed by atoms with E-state index in [1.807, 2.05) is 18.3 Å². The van der Waals surface area contributed by atoms with Crippen molar-refractivity contribution in [2.24, 2.45) is 0 Å². The number of hydrogen-bond acceptors (Lipinski definition) is 3. The van der Waals surface area contributed by atoms with Crippen LogP contribution in [0.15, 0.2) is 223 Å². The van der Waals surface area contributed by atoms with Gasteiger partial charge in [0.25, 0.3) is 0 Å². The molecule has 11 rings (SSSR count). The van der Waals surface area contributed by atoms with Crippen LogP contribution < -0.4 is 4.90 Å². The van der Waals surface area contributed by atoms with Gasteiger partial charge in [-0.2, -0.15) is 0 Å². The van der Waals surface area contributed by atoms with Crippen molar-refractivity contribution in [1.82, 2.24) is 4.98 Å². The molecule has 0 saturated carbocycles. The number of nitrogens with zero attached hydrogens (tertiary/aromatic N) is 2. The number of aromatic nitrogens is 1. The maximum atomic E-state index is 6.30. The topological polar surface area (TPSA) is 29.3 Å². The Kier molecular flexibility index (Phi) is 7.71. The largest absolute Gasteiger partial charge is 0.454 e.